The van der Waals surface area contributed by atoms with E-state index < -0.39 is 4.92 Å². The molecule has 0 saturated carbocycles. The van der Waals surface area contributed by atoms with Gasteiger partial charge in [-0.3, -0.25) is 25.2 Å². The van der Waals surface area contributed by atoms with Gasteiger partial charge in [0.25, 0.3) is 5.91 Å². The number of likely N-dealkylation sites (N-methyl/N-ethyl adjacent to an activating group) is 1. The number of carbonyl (C=O) groups excluding carboxylic acids is 1. The molecule has 1 aliphatic heterocycles. The minimum atomic E-state index is -0.653. The van der Waals surface area contributed by atoms with Gasteiger partial charge in [-0.1, -0.05) is 0 Å². The zero-order valence-electron chi connectivity index (χ0n) is 8.67. The van der Waals surface area contributed by atoms with Crippen molar-refractivity contribution in [2.24, 2.45) is 0 Å². The number of nitrogens with zero attached hydrogens (tertiary/aromatic N) is 2. The summed E-state index contributed by atoms with van der Waals surface area (Å²) in [7, 11) is 1.49. The first-order valence-electron chi connectivity index (χ1n) is 4.49. The number of hydrogen-bond acceptors (Lipinski definition) is 6. The molecule has 0 aromatic carbocycles. The van der Waals surface area contributed by atoms with Crippen LogP contribution in [0, 0.1) is 15.5 Å². The topological polar surface area (TPSA) is 100 Å². The van der Waals surface area contributed by atoms with Gasteiger partial charge in [0.2, 0.25) is 0 Å². The number of nitro groups is 1. The van der Waals surface area contributed by atoms with Gasteiger partial charge in [-0.05, 0) is 17.8 Å². The summed E-state index contributed by atoms with van der Waals surface area (Å²) in [5.74, 6) is -0.481. The van der Waals surface area contributed by atoms with Gasteiger partial charge in [0.15, 0.2) is 5.17 Å². The van der Waals surface area contributed by atoms with E-state index >= 15 is 0 Å². The van der Waals surface area contributed by atoms with Crippen LogP contribution < -0.4 is 0 Å². The lowest BCUT2D eigenvalue weighted by Crippen LogP contribution is -2.22. The molecule has 1 saturated heterocycles. The zero-order chi connectivity index (χ0) is 12.6. The van der Waals surface area contributed by atoms with Crippen LogP contribution in [0.25, 0.3) is 6.08 Å². The Labute approximate surface area is 99.7 Å². The number of rotatable bonds is 2. The Hall–Kier alpha value is -2.09. The van der Waals surface area contributed by atoms with Crippen molar-refractivity contribution >= 4 is 34.8 Å². The maximum Gasteiger partial charge on any atom is 0.433 e. The molecule has 0 radical (unpaired) electrons. The summed E-state index contributed by atoms with van der Waals surface area (Å²) in [5.41, 5.74) is 0. The van der Waals surface area contributed by atoms with Crippen molar-refractivity contribution in [3.05, 3.63) is 32.9 Å². The summed E-state index contributed by atoms with van der Waals surface area (Å²) in [6.45, 7) is 0. The van der Waals surface area contributed by atoms with Crippen molar-refractivity contribution in [2.45, 2.75) is 0 Å². The van der Waals surface area contributed by atoms with Crippen LogP contribution >= 0.6 is 11.8 Å². The number of carbonyl (C=O) groups is 1. The number of nitrogens with one attached hydrogen (secondary N) is 1. The summed E-state index contributed by atoms with van der Waals surface area (Å²) in [4.78, 5) is 22.8. The van der Waals surface area contributed by atoms with Gasteiger partial charge in [0.05, 0.1) is 11.0 Å². The van der Waals surface area contributed by atoms with Crippen molar-refractivity contribution in [1.29, 1.82) is 5.41 Å². The van der Waals surface area contributed by atoms with Gasteiger partial charge >= 0.3 is 5.88 Å². The van der Waals surface area contributed by atoms with Gasteiger partial charge in [0, 0.05) is 13.1 Å². The van der Waals surface area contributed by atoms with Crippen LogP contribution in [0.3, 0.4) is 0 Å². The molecule has 0 aliphatic carbocycles. The average molecular weight is 253 g/mol. The summed E-state index contributed by atoms with van der Waals surface area (Å²) >= 11 is 0.985. The molecule has 1 aromatic rings. The predicted molar refractivity (Wildman–Crippen MR) is 61.4 cm³/mol. The number of amides is 1. The van der Waals surface area contributed by atoms with Crippen LogP contribution in [0.1, 0.15) is 5.76 Å². The third kappa shape index (κ3) is 2.07. The first-order chi connectivity index (χ1) is 7.99. The van der Waals surface area contributed by atoms with Crippen molar-refractivity contribution in [2.75, 3.05) is 7.05 Å². The smallest absolute Gasteiger partial charge is 0.401 e. The third-order valence-electron chi connectivity index (χ3n) is 2.09. The molecule has 0 spiro atoms. The molecule has 1 N–H and O–H groups in total. The molecule has 1 fully saturated rings. The number of thioether (sulfide) groups is 1. The molecule has 1 amide bonds. The van der Waals surface area contributed by atoms with E-state index in [4.69, 9.17) is 9.83 Å². The van der Waals surface area contributed by atoms with Crippen LogP contribution in [0.15, 0.2) is 21.5 Å². The Morgan fingerprint density at radius 2 is 2.29 bits per heavy atom. The number of furan rings is 1. The molecule has 1 aromatic heterocycles. The second-order valence-electron chi connectivity index (χ2n) is 3.21. The Kier molecular flexibility index (Phi) is 2.72. The molecule has 88 valence electrons. The number of amidine groups is 1. The highest BCUT2D eigenvalue weighted by atomic mass is 32.2. The van der Waals surface area contributed by atoms with Gasteiger partial charge < -0.3 is 4.42 Å². The maximum atomic E-state index is 11.6. The Balaban J connectivity index is 2.28. The Morgan fingerprint density at radius 1 is 1.59 bits per heavy atom. The van der Waals surface area contributed by atoms with E-state index in [9.17, 15) is 14.9 Å². The lowest BCUT2D eigenvalue weighted by Gasteiger charge is -2.03. The van der Waals surface area contributed by atoms with E-state index in [1.165, 1.54) is 30.2 Å². The Bertz CT molecular complexity index is 548. The van der Waals surface area contributed by atoms with E-state index in [1.807, 2.05) is 0 Å². The van der Waals surface area contributed by atoms with Gasteiger partial charge in [-0.15, -0.1) is 0 Å². The predicted octanol–water partition coefficient (Wildman–Crippen LogP) is 1.67. The number of hydrogen-bond donors (Lipinski definition) is 1. The van der Waals surface area contributed by atoms with Gasteiger partial charge in [-0.25, -0.2) is 0 Å². The highest BCUT2D eigenvalue weighted by Crippen LogP contribution is 2.31. The molecule has 7 nitrogen and oxygen atoms in total. The van der Waals surface area contributed by atoms with Crippen LogP contribution in [-0.2, 0) is 4.79 Å². The van der Waals surface area contributed by atoms with Gasteiger partial charge in [-0.2, -0.15) is 0 Å². The van der Waals surface area contributed by atoms with Crippen molar-refractivity contribution < 1.29 is 14.1 Å². The summed E-state index contributed by atoms with van der Waals surface area (Å²) in [5, 5.41) is 18.0. The monoisotopic (exact) mass is 253 g/mol. The molecule has 2 heterocycles. The standard InChI is InChI=1S/C9H7N3O4S/c1-11-8(13)6(17-9(11)10)4-5-2-3-7(16-5)12(14)15/h2-4,10H,1H3. The minimum Gasteiger partial charge on any atom is -0.401 e. The van der Waals surface area contributed by atoms with Crippen molar-refractivity contribution in [1.82, 2.24) is 4.90 Å². The SMILES string of the molecule is CN1C(=N)SC(=Cc2ccc([N+](=O)[O-])o2)C1=O. The van der Waals surface area contributed by atoms with Crippen LogP contribution in [0.4, 0.5) is 5.88 Å². The maximum absolute atomic E-state index is 11.6. The molecule has 0 unspecified atom stereocenters. The third-order valence-corrected chi connectivity index (χ3v) is 3.07. The molecule has 17 heavy (non-hydrogen) atoms. The molecule has 0 atom stereocenters. The molecule has 0 bridgehead atoms. The molecular weight excluding hydrogens is 246 g/mol. The second-order valence-corrected chi connectivity index (χ2v) is 4.24. The quantitative estimate of drug-likeness (QED) is 0.490. The fourth-order valence-corrected chi connectivity index (χ4v) is 2.04. The van der Waals surface area contributed by atoms with Gasteiger partial charge in [0.1, 0.15) is 10.7 Å². The average Bonchev–Trinajstić information content (AvgIpc) is 2.82. The molecule has 2 rings (SSSR count). The largest absolute Gasteiger partial charge is 0.433 e. The normalized spacial score (nSPS) is 18.2. The van der Waals surface area contributed by atoms with Crippen molar-refractivity contribution in [3.63, 3.8) is 0 Å². The minimum absolute atomic E-state index is 0.113. The summed E-state index contributed by atoms with van der Waals surface area (Å²) < 4.78 is 4.90. The van der Waals surface area contributed by atoms with Crippen LogP contribution in [0.2, 0.25) is 0 Å². The fourth-order valence-electron chi connectivity index (χ4n) is 1.21. The molecular formula is C9H7N3O4S. The first kappa shape index (κ1) is 11.4. The lowest BCUT2D eigenvalue weighted by molar-refractivity contribution is -0.402. The highest BCUT2D eigenvalue weighted by molar-refractivity contribution is 8.18. The van der Waals surface area contributed by atoms with Crippen LogP contribution in [-0.4, -0.2) is 27.9 Å². The van der Waals surface area contributed by atoms with Crippen molar-refractivity contribution in [3.8, 4) is 0 Å². The Morgan fingerprint density at radius 3 is 2.76 bits per heavy atom. The zero-order valence-corrected chi connectivity index (χ0v) is 9.48. The molecule has 8 heteroatoms. The first-order valence-corrected chi connectivity index (χ1v) is 5.31. The summed E-state index contributed by atoms with van der Waals surface area (Å²) in [6, 6.07) is 2.62. The highest BCUT2D eigenvalue weighted by Gasteiger charge is 2.29. The van der Waals surface area contributed by atoms with E-state index in [1.54, 1.807) is 0 Å². The second kappa shape index (κ2) is 4.06. The van der Waals surface area contributed by atoms with E-state index in [0.29, 0.717) is 4.91 Å². The van der Waals surface area contributed by atoms with Crippen LogP contribution in [0.5, 0.6) is 0 Å². The lowest BCUT2D eigenvalue weighted by atomic mass is 10.3. The van der Waals surface area contributed by atoms with E-state index in [0.717, 1.165) is 11.8 Å². The summed E-state index contributed by atoms with van der Waals surface area (Å²) in [6.07, 6.45) is 1.39. The fraction of sp³-hybridized carbons (Fsp3) is 0.111. The van der Waals surface area contributed by atoms with E-state index in [-0.39, 0.29) is 22.7 Å². The van der Waals surface area contributed by atoms with E-state index in [2.05, 4.69) is 0 Å². The molecule has 1 aliphatic rings.